The van der Waals surface area contributed by atoms with Crippen molar-refractivity contribution in [2.75, 3.05) is 4.90 Å². The van der Waals surface area contributed by atoms with Gasteiger partial charge in [0.1, 0.15) is 0 Å². The molecule has 0 saturated carbocycles. The normalized spacial score (nSPS) is 13.3. The summed E-state index contributed by atoms with van der Waals surface area (Å²) in [5, 5.41) is 19.6. The number of hydrogen-bond donors (Lipinski definition) is 0. The Balaban J connectivity index is 1.12. The van der Waals surface area contributed by atoms with Crippen molar-refractivity contribution in [1.29, 1.82) is 0 Å². The molecular weight excluding hydrogens is 744 g/mol. The maximum Gasteiger partial charge on any atom is 0.264 e. The largest absolute Gasteiger partial charge is 0.310 e. The van der Waals surface area contributed by atoms with Crippen LogP contribution in [0.2, 0.25) is 0 Å². The van der Waals surface area contributed by atoms with Gasteiger partial charge in [-0.1, -0.05) is 158 Å². The van der Waals surface area contributed by atoms with Gasteiger partial charge in [-0.05, 0) is 95.1 Å². The second-order valence-corrected chi connectivity index (χ2v) is 17.7. The predicted molar refractivity (Wildman–Crippen MR) is 261 cm³/mol. The summed E-state index contributed by atoms with van der Waals surface area (Å²) in [4.78, 5) is 2.64. The molecule has 13 aromatic rings. The highest BCUT2D eigenvalue weighted by atomic mass is 32.1. The Morgan fingerprint density at radius 2 is 0.833 bits per heavy atom. The van der Waals surface area contributed by atoms with Crippen LogP contribution in [-0.4, -0.2) is 11.3 Å². The molecule has 0 saturated heterocycles. The lowest BCUT2D eigenvalue weighted by atomic mass is 9.36. The van der Waals surface area contributed by atoms with Crippen molar-refractivity contribution in [3.63, 3.8) is 0 Å². The summed E-state index contributed by atoms with van der Waals surface area (Å²) in [6.07, 6.45) is 0. The SMILES string of the molecule is c1cc2c3c(c1)-n1c4ccc5c6ccccc6c6ccccc6c5c4c4cccc(c41)B3c1sc3ccccc3c1N2c1cccc2c3ccccc3c3ccccc3c12. The standard InChI is InChI=1S/C56H31BN2S/c1-3-16-35-32(14-1)34-17-5-7-20-38(34)50-39(35)23-12-26-45(50)59-48-28-13-27-47-53(48)57(56-55(59)42-22-9-10-29-49(42)60-56)44-25-11-24-43-52-46(58(47)54(43)44)31-30-41-37-19-4-2-15-33(37)36-18-6-8-21-40(36)51(41)52/h1-31H. The number of benzene rings is 11. The number of aromatic nitrogens is 1. The molecule has 0 amide bonds. The van der Waals surface area contributed by atoms with Gasteiger partial charge in [0.25, 0.3) is 6.71 Å². The predicted octanol–water partition coefficient (Wildman–Crippen LogP) is 13.5. The highest BCUT2D eigenvalue weighted by molar-refractivity contribution is 7.33. The third-order valence-corrected chi connectivity index (χ3v) is 15.1. The Hall–Kier alpha value is -7.40. The van der Waals surface area contributed by atoms with E-state index in [-0.39, 0.29) is 6.71 Å². The number of para-hydroxylation sites is 1. The van der Waals surface area contributed by atoms with Crippen LogP contribution in [-0.2, 0) is 0 Å². The molecule has 60 heavy (non-hydrogen) atoms. The molecule has 2 aromatic heterocycles. The Bertz CT molecular complexity index is 4020. The molecule has 2 aliphatic heterocycles. The number of nitrogens with zero attached hydrogens (tertiary/aromatic N) is 2. The van der Waals surface area contributed by atoms with Gasteiger partial charge >= 0.3 is 0 Å². The zero-order valence-electron chi connectivity index (χ0n) is 32.3. The Kier molecular flexibility index (Phi) is 5.90. The number of hydrogen-bond acceptors (Lipinski definition) is 2. The first-order valence-electron chi connectivity index (χ1n) is 20.9. The molecular formula is C56H31BN2S. The molecule has 0 atom stereocenters. The Labute approximate surface area is 348 Å². The number of rotatable bonds is 1. The maximum atomic E-state index is 2.64. The minimum absolute atomic E-state index is 0.0803. The summed E-state index contributed by atoms with van der Waals surface area (Å²) in [5.74, 6) is 0. The van der Waals surface area contributed by atoms with E-state index in [1.165, 1.54) is 135 Å². The third-order valence-electron chi connectivity index (χ3n) is 13.9. The summed E-state index contributed by atoms with van der Waals surface area (Å²) in [6.45, 7) is 0.0803. The van der Waals surface area contributed by atoms with Gasteiger partial charge in [0, 0.05) is 53.3 Å². The van der Waals surface area contributed by atoms with Crippen molar-refractivity contribution in [3.05, 3.63) is 188 Å². The molecule has 0 radical (unpaired) electrons. The summed E-state index contributed by atoms with van der Waals surface area (Å²) in [6, 6.07) is 70.9. The fourth-order valence-electron chi connectivity index (χ4n) is 11.7. The van der Waals surface area contributed by atoms with E-state index in [4.69, 9.17) is 0 Å². The van der Waals surface area contributed by atoms with Crippen LogP contribution < -0.4 is 20.6 Å². The molecule has 2 aliphatic rings. The van der Waals surface area contributed by atoms with E-state index in [0.29, 0.717) is 0 Å². The van der Waals surface area contributed by atoms with Crippen LogP contribution in [0, 0.1) is 0 Å². The molecule has 0 N–H and O–H groups in total. The fraction of sp³-hybridized carbons (Fsp3) is 0. The molecule has 0 aliphatic carbocycles. The zero-order valence-corrected chi connectivity index (χ0v) is 33.1. The van der Waals surface area contributed by atoms with Crippen LogP contribution in [0.4, 0.5) is 17.1 Å². The molecule has 0 fully saturated rings. The van der Waals surface area contributed by atoms with Gasteiger partial charge in [0.05, 0.1) is 16.9 Å². The van der Waals surface area contributed by atoms with Gasteiger partial charge in [-0.25, -0.2) is 0 Å². The van der Waals surface area contributed by atoms with E-state index in [2.05, 4.69) is 198 Å². The van der Waals surface area contributed by atoms with E-state index >= 15 is 0 Å². The lowest BCUT2D eigenvalue weighted by Crippen LogP contribution is -2.59. The van der Waals surface area contributed by atoms with E-state index in [0.717, 1.165) is 0 Å². The van der Waals surface area contributed by atoms with Crippen molar-refractivity contribution in [3.8, 4) is 5.69 Å². The average Bonchev–Trinajstić information content (AvgIpc) is 3.87. The van der Waals surface area contributed by atoms with E-state index in [1.807, 2.05) is 11.3 Å². The van der Waals surface area contributed by atoms with Gasteiger partial charge < -0.3 is 9.47 Å². The monoisotopic (exact) mass is 774 g/mol. The van der Waals surface area contributed by atoms with Crippen LogP contribution in [0.15, 0.2) is 188 Å². The van der Waals surface area contributed by atoms with Crippen molar-refractivity contribution in [2.24, 2.45) is 0 Å². The molecule has 4 heterocycles. The van der Waals surface area contributed by atoms with E-state index in [9.17, 15) is 0 Å². The van der Waals surface area contributed by atoms with Crippen LogP contribution in [0.5, 0.6) is 0 Å². The number of anilines is 3. The number of thiophene rings is 1. The van der Waals surface area contributed by atoms with Crippen molar-refractivity contribution in [2.45, 2.75) is 0 Å². The fourth-order valence-corrected chi connectivity index (χ4v) is 13.0. The highest BCUT2D eigenvalue weighted by Crippen LogP contribution is 2.50. The first-order chi connectivity index (χ1) is 29.8. The van der Waals surface area contributed by atoms with Gasteiger partial charge in [-0.2, -0.15) is 0 Å². The van der Waals surface area contributed by atoms with Crippen molar-refractivity contribution < 1.29 is 0 Å². The Morgan fingerprint density at radius 3 is 1.52 bits per heavy atom. The lowest BCUT2D eigenvalue weighted by molar-refractivity contribution is 1.18. The maximum absolute atomic E-state index is 2.64. The van der Waals surface area contributed by atoms with E-state index in [1.54, 1.807) is 0 Å². The third kappa shape index (κ3) is 3.73. The van der Waals surface area contributed by atoms with Gasteiger partial charge in [0.15, 0.2) is 0 Å². The van der Waals surface area contributed by atoms with Crippen LogP contribution in [0.25, 0.3) is 102 Å². The molecule has 0 bridgehead atoms. The molecule has 0 unspecified atom stereocenters. The zero-order chi connectivity index (χ0) is 38.8. The molecule has 4 heteroatoms. The van der Waals surface area contributed by atoms with Crippen LogP contribution in [0.3, 0.4) is 0 Å². The molecule has 2 nitrogen and oxygen atoms in total. The number of fused-ring (bicyclic) bond motifs is 22. The van der Waals surface area contributed by atoms with E-state index < -0.39 is 0 Å². The van der Waals surface area contributed by atoms with Crippen molar-refractivity contribution in [1.82, 2.24) is 4.57 Å². The molecule has 274 valence electrons. The van der Waals surface area contributed by atoms with Crippen LogP contribution in [0.1, 0.15) is 0 Å². The lowest BCUT2D eigenvalue weighted by Gasteiger charge is -2.39. The molecule has 15 rings (SSSR count). The minimum atomic E-state index is 0.0803. The quantitative estimate of drug-likeness (QED) is 0.119. The highest BCUT2D eigenvalue weighted by Gasteiger charge is 2.44. The second-order valence-electron chi connectivity index (χ2n) is 16.6. The summed E-state index contributed by atoms with van der Waals surface area (Å²) in [5.41, 5.74) is 10.4. The topological polar surface area (TPSA) is 8.17 Å². The minimum Gasteiger partial charge on any atom is -0.310 e. The summed E-state index contributed by atoms with van der Waals surface area (Å²) < 4.78 is 5.34. The Morgan fingerprint density at radius 1 is 0.350 bits per heavy atom. The van der Waals surface area contributed by atoms with Gasteiger partial charge in [-0.15, -0.1) is 11.3 Å². The summed E-state index contributed by atoms with van der Waals surface area (Å²) in [7, 11) is 0. The van der Waals surface area contributed by atoms with Crippen molar-refractivity contribution >= 4 is 147 Å². The van der Waals surface area contributed by atoms with Gasteiger partial charge in [-0.3, -0.25) is 0 Å². The molecule has 11 aromatic carbocycles. The van der Waals surface area contributed by atoms with Crippen LogP contribution >= 0.6 is 11.3 Å². The molecule has 0 spiro atoms. The van der Waals surface area contributed by atoms with Gasteiger partial charge in [0.2, 0.25) is 0 Å². The average molecular weight is 775 g/mol. The first-order valence-corrected chi connectivity index (χ1v) is 21.7. The second kappa shape index (κ2) is 11.2. The smallest absolute Gasteiger partial charge is 0.264 e. The first kappa shape index (κ1) is 31.6. The summed E-state index contributed by atoms with van der Waals surface area (Å²) >= 11 is 1.97.